The van der Waals surface area contributed by atoms with Crippen molar-refractivity contribution in [1.82, 2.24) is 9.97 Å². The van der Waals surface area contributed by atoms with Gasteiger partial charge in [-0.1, -0.05) is 29.8 Å². The van der Waals surface area contributed by atoms with Gasteiger partial charge in [0.25, 0.3) is 0 Å². The van der Waals surface area contributed by atoms with E-state index in [9.17, 15) is 0 Å². The minimum absolute atomic E-state index is 0.475. The Morgan fingerprint density at radius 1 is 1.05 bits per heavy atom. The molecule has 3 nitrogen and oxygen atoms in total. The van der Waals surface area contributed by atoms with Crippen LogP contribution in [0.4, 0.5) is 5.82 Å². The van der Waals surface area contributed by atoms with Gasteiger partial charge in [-0.05, 0) is 43.2 Å². The highest BCUT2D eigenvalue weighted by Gasteiger charge is 2.10. The zero-order valence-corrected chi connectivity index (χ0v) is 12.1. The molecule has 0 radical (unpaired) electrons. The van der Waals surface area contributed by atoms with Crippen LogP contribution in [0.2, 0.25) is 5.02 Å². The standard InChI is InChI=1S/C16H14ClN3/c1-9-4-3-5-12(10(9)2)16-19-14-8-11(17)6-7-13(14)15(18)20-16/h3-8H,1-2H3,(H2,18,19,20). The third-order valence-electron chi connectivity index (χ3n) is 3.53. The molecule has 0 unspecified atom stereocenters. The first-order valence-electron chi connectivity index (χ1n) is 6.35. The molecule has 0 fully saturated rings. The third kappa shape index (κ3) is 2.10. The van der Waals surface area contributed by atoms with E-state index in [2.05, 4.69) is 29.9 Å². The Balaban J connectivity index is 2.29. The van der Waals surface area contributed by atoms with E-state index < -0.39 is 0 Å². The highest BCUT2D eigenvalue weighted by molar-refractivity contribution is 6.31. The van der Waals surface area contributed by atoms with Crippen molar-refractivity contribution < 1.29 is 0 Å². The second-order valence-electron chi connectivity index (χ2n) is 4.84. The number of aromatic nitrogens is 2. The molecule has 2 N–H and O–H groups in total. The highest BCUT2D eigenvalue weighted by atomic mass is 35.5. The van der Waals surface area contributed by atoms with Gasteiger partial charge in [0.05, 0.1) is 5.52 Å². The minimum Gasteiger partial charge on any atom is -0.383 e. The summed E-state index contributed by atoms with van der Waals surface area (Å²) < 4.78 is 0. The second-order valence-corrected chi connectivity index (χ2v) is 5.28. The van der Waals surface area contributed by atoms with Gasteiger partial charge in [0.15, 0.2) is 5.82 Å². The average molecular weight is 284 g/mol. The summed E-state index contributed by atoms with van der Waals surface area (Å²) in [5, 5.41) is 1.46. The van der Waals surface area contributed by atoms with Crippen LogP contribution in [0.15, 0.2) is 36.4 Å². The number of aryl methyl sites for hydroxylation is 1. The summed E-state index contributed by atoms with van der Waals surface area (Å²) in [6.45, 7) is 4.13. The van der Waals surface area contributed by atoms with Gasteiger partial charge in [-0.25, -0.2) is 9.97 Å². The summed E-state index contributed by atoms with van der Waals surface area (Å²) >= 11 is 6.02. The van der Waals surface area contributed by atoms with Gasteiger partial charge in [-0.3, -0.25) is 0 Å². The molecular formula is C16H14ClN3. The molecule has 0 saturated heterocycles. The lowest BCUT2D eigenvalue weighted by molar-refractivity contribution is 1.21. The van der Waals surface area contributed by atoms with Crippen molar-refractivity contribution in [3.05, 3.63) is 52.5 Å². The normalized spacial score (nSPS) is 10.9. The molecule has 3 aromatic rings. The summed E-state index contributed by atoms with van der Waals surface area (Å²) in [5.74, 6) is 1.11. The molecule has 100 valence electrons. The molecule has 0 aliphatic carbocycles. The number of benzene rings is 2. The van der Waals surface area contributed by atoms with Gasteiger partial charge < -0.3 is 5.73 Å². The Hall–Kier alpha value is -2.13. The SMILES string of the molecule is Cc1cccc(-c2nc(N)c3ccc(Cl)cc3n2)c1C. The van der Waals surface area contributed by atoms with E-state index in [4.69, 9.17) is 17.3 Å². The van der Waals surface area contributed by atoms with Gasteiger partial charge in [0.1, 0.15) is 5.82 Å². The van der Waals surface area contributed by atoms with Crippen molar-refractivity contribution in [1.29, 1.82) is 0 Å². The van der Waals surface area contributed by atoms with E-state index in [0.717, 1.165) is 22.0 Å². The quantitative estimate of drug-likeness (QED) is 0.730. The maximum atomic E-state index is 6.04. The fourth-order valence-corrected chi connectivity index (χ4v) is 2.41. The molecule has 0 saturated carbocycles. The van der Waals surface area contributed by atoms with Crippen molar-refractivity contribution >= 4 is 28.3 Å². The van der Waals surface area contributed by atoms with Crippen molar-refractivity contribution in [2.75, 3.05) is 5.73 Å². The van der Waals surface area contributed by atoms with Crippen molar-refractivity contribution in [2.24, 2.45) is 0 Å². The molecule has 0 bridgehead atoms. The van der Waals surface area contributed by atoms with Crippen LogP contribution in [0.3, 0.4) is 0 Å². The molecule has 1 aromatic heterocycles. The van der Waals surface area contributed by atoms with Crippen LogP contribution in [0, 0.1) is 13.8 Å². The molecule has 2 aromatic carbocycles. The lowest BCUT2D eigenvalue weighted by Gasteiger charge is -2.09. The van der Waals surface area contributed by atoms with Crippen molar-refractivity contribution in [2.45, 2.75) is 13.8 Å². The fourth-order valence-electron chi connectivity index (χ4n) is 2.24. The van der Waals surface area contributed by atoms with Crippen LogP contribution in [0.5, 0.6) is 0 Å². The first-order chi connectivity index (χ1) is 9.56. The van der Waals surface area contributed by atoms with Crippen molar-refractivity contribution in [3.8, 4) is 11.4 Å². The van der Waals surface area contributed by atoms with Crippen molar-refractivity contribution in [3.63, 3.8) is 0 Å². The zero-order chi connectivity index (χ0) is 14.3. The zero-order valence-electron chi connectivity index (χ0n) is 11.3. The van der Waals surface area contributed by atoms with Gasteiger partial charge in [0, 0.05) is 16.0 Å². The highest BCUT2D eigenvalue weighted by Crippen LogP contribution is 2.27. The number of fused-ring (bicyclic) bond motifs is 1. The first-order valence-corrected chi connectivity index (χ1v) is 6.73. The number of halogens is 1. The number of nitrogens with zero attached hydrogens (tertiary/aromatic N) is 2. The van der Waals surface area contributed by atoms with E-state index >= 15 is 0 Å². The molecule has 0 aliphatic rings. The number of anilines is 1. The monoisotopic (exact) mass is 283 g/mol. The maximum absolute atomic E-state index is 6.04. The van der Waals surface area contributed by atoms with Gasteiger partial charge in [-0.15, -0.1) is 0 Å². The van der Waals surface area contributed by atoms with Gasteiger partial charge >= 0.3 is 0 Å². The predicted molar refractivity (Wildman–Crippen MR) is 83.9 cm³/mol. The van der Waals surface area contributed by atoms with Crippen LogP contribution < -0.4 is 5.73 Å². The maximum Gasteiger partial charge on any atom is 0.162 e. The predicted octanol–water partition coefficient (Wildman–Crippen LogP) is 4.15. The lowest BCUT2D eigenvalue weighted by atomic mass is 10.0. The Labute approximate surface area is 122 Å². The molecule has 3 rings (SSSR count). The van der Waals surface area contributed by atoms with E-state index in [1.54, 1.807) is 6.07 Å². The summed E-state index contributed by atoms with van der Waals surface area (Å²) in [6, 6.07) is 11.5. The van der Waals surface area contributed by atoms with Gasteiger partial charge in [-0.2, -0.15) is 0 Å². The second kappa shape index (κ2) is 4.76. The lowest BCUT2D eigenvalue weighted by Crippen LogP contribution is -1.99. The molecular weight excluding hydrogens is 270 g/mol. The summed E-state index contributed by atoms with van der Waals surface area (Å²) in [4.78, 5) is 9.02. The number of hydrogen-bond acceptors (Lipinski definition) is 3. The van der Waals surface area contributed by atoms with Crippen LogP contribution in [0.1, 0.15) is 11.1 Å². The van der Waals surface area contributed by atoms with Crippen LogP contribution in [0.25, 0.3) is 22.3 Å². The van der Waals surface area contributed by atoms with Crippen LogP contribution >= 0.6 is 11.6 Å². The molecule has 20 heavy (non-hydrogen) atoms. The molecule has 1 heterocycles. The minimum atomic E-state index is 0.475. The fraction of sp³-hybridized carbons (Fsp3) is 0.125. The molecule has 0 aliphatic heterocycles. The van der Waals surface area contributed by atoms with Crippen LogP contribution in [-0.4, -0.2) is 9.97 Å². The largest absolute Gasteiger partial charge is 0.383 e. The Kier molecular flexibility index (Phi) is 3.07. The number of rotatable bonds is 1. The van der Waals surface area contributed by atoms with Gasteiger partial charge in [0.2, 0.25) is 0 Å². The average Bonchev–Trinajstić information content (AvgIpc) is 2.41. The topological polar surface area (TPSA) is 51.8 Å². The number of nitrogens with two attached hydrogens (primary N) is 1. The molecule has 0 amide bonds. The number of nitrogen functional groups attached to an aromatic ring is 1. The van der Waals surface area contributed by atoms with E-state index in [1.165, 1.54) is 5.56 Å². The third-order valence-corrected chi connectivity index (χ3v) is 3.77. The van der Waals surface area contributed by atoms with E-state index in [1.807, 2.05) is 24.3 Å². The van der Waals surface area contributed by atoms with E-state index in [0.29, 0.717) is 16.7 Å². The Bertz CT molecular complexity index is 812. The summed E-state index contributed by atoms with van der Waals surface area (Å²) in [6.07, 6.45) is 0. The van der Waals surface area contributed by atoms with Crippen LogP contribution in [-0.2, 0) is 0 Å². The first kappa shape index (κ1) is 12.9. The molecule has 4 heteroatoms. The number of hydrogen-bond donors (Lipinski definition) is 1. The summed E-state index contributed by atoms with van der Waals surface area (Å²) in [5.41, 5.74) is 10.2. The summed E-state index contributed by atoms with van der Waals surface area (Å²) in [7, 11) is 0. The van der Waals surface area contributed by atoms with E-state index in [-0.39, 0.29) is 0 Å². The molecule has 0 spiro atoms. The molecule has 0 atom stereocenters. The smallest absolute Gasteiger partial charge is 0.162 e. The Morgan fingerprint density at radius 2 is 1.85 bits per heavy atom. The Morgan fingerprint density at radius 3 is 2.65 bits per heavy atom.